The quantitative estimate of drug-likeness (QED) is 0.752. The van der Waals surface area contributed by atoms with Gasteiger partial charge in [-0.1, -0.05) is 6.92 Å². The smallest absolute Gasteiger partial charge is 0.0931 e. The van der Waals surface area contributed by atoms with Crippen molar-refractivity contribution in [2.45, 2.75) is 33.2 Å². The monoisotopic (exact) mass is 170 g/mol. The van der Waals surface area contributed by atoms with Gasteiger partial charge in [0.1, 0.15) is 0 Å². The molecule has 3 heteroatoms. The predicted octanol–water partition coefficient (Wildman–Crippen LogP) is 1.86. The first-order chi connectivity index (χ1) is 5.27. The van der Waals surface area contributed by atoms with Crippen LogP contribution in [0.25, 0.3) is 0 Å². The van der Waals surface area contributed by atoms with Crippen molar-refractivity contribution in [2.24, 2.45) is 5.73 Å². The molecule has 0 fully saturated rings. The molecule has 0 aliphatic heterocycles. The molecule has 0 radical (unpaired) electrons. The van der Waals surface area contributed by atoms with Gasteiger partial charge in [-0.05, 0) is 19.8 Å². The number of rotatable bonds is 3. The van der Waals surface area contributed by atoms with E-state index < -0.39 is 0 Å². The molecule has 1 rings (SSSR count). The summed E-state index contributed by atoms with van der Waals surface area (Å²) < 4.78 is 0. The Morgan fingerprint density at radius 1 is 1.55 bits per heavy atom. The molecule has 2 nitrogen and oxygen atoms in total. The Balaban J connectivity index is 2.77. The maximum absolute atomic E-state index is 5.50. The average molecular weight is 170 g/mol. The third-order valence-corrected chi connectivity index (χ3v) is 2.67. The van der Waals surface area contributed by atoms with E-state index in [0.29, 0.717) is 6.54 Å². The van der Waals surface area contributed by atoms with Gasteiger partial charge in [0.15, 0.2) is 0 Å². The van der Waals surface area contributed by atoms with Crippen LogP contribution in [0.4, 0.5) is 0 Å². The minimum absolute atomic E-state index is 0.575. The second-order valence-corrected chi connectivity index (χ2v) is 3.85. The van der Waals surface area contributed by atoms with Crippen molar-refractivity contribution >= 4 is 11.3 Å². The minimum atomic E-state index is 0.575. The Kier molecular flexibility index (Phi) is 3.02. The van der Waals surface area contributed by atoms with Crippen molar-refractivity contribution in [1.82, 2.24) is 4.98 Å². The molecule has 0 atom stereocenters. The van der Waals surface area contributed by atoms with Gasteiger partial charge in [0.2, 0.25) is 0 Å². The van der Waals surface area contributed by atoms with Gasteiger partial charge in [-0.3, -0.25) is 0 Å². The lowest BCUT2D eigenvalue weighted by atomic mass is 10.3. The van der Waals surface area contributed by atoms with E-state index in [1.807, 2.05) is 0 Å². The Bertz CT molecular complexity index is 230. The zero-order chi connectivity index (χ0) is 8.27. The number of hydrogen-bond donors (Lipinski definition) is 1. The highest BCUT2D eigenvalue weighted by Crippen LogP contribution is 2.17. The number of hydrogen-bond acceptors (Lipinski definition) is 3. The normalized spacial score (nSPS) is 10.5. The lowest BCUT2D eigenvalue weighted by molar-refractivity contribution is 0.886. The predicted molar refractivity (Wildman–Crippen MR) is 48.7 cm³/mol. The molecule has 0 saturated carbocycles. The maximum atomic E-state index is 5.50. The first-order valence-corrected chi connectivity index (χ1v) is 4.74. The van der Waals surface area contributed by atoms with Crippen molar-refractivity contribution in [2.75, 3.05) is 0 Å². The van der Waals surface area contributed by atoms with Crippen molar-refractivity contribution in [1.29, 1.82) is 0 Å². The number of aromatic nitrogens is 1. The average Bonchev–Trinajstić information content (AvgIpc) is 2.32. The Labute approximate surface area is 71.5 Å². The molecular weight excluding hydrogens is 156 g/mol. The molecule has 0 amide bonds. The van der Waals surface area contributed by atoms with Gasteiger partial charge in [-0.15, -0.1) is 11.3 Å². The Hall–Kier alpha value is -0.410. The molecule has 1 aromatic rings. The molecular formula is C8H14N2S. The van der Waals surface area contributed by atoms with Crippen LogP contribution in [0.5, 0.6) is 0 Å². The van der Waals surface area contributed by atoms with Crippen LogP contribution in [0.3, 0.4) is 0 Å². The third kappa shape index (κ3) is 2.01. The summed E-state index contributed by atoms with van der Waals surface area (Å²) in [5, 5.41) is 1.23. The zero-order valence-electron chi connectivity index (χ0n) is 7.05. The molecule has 1 heterocycles. The fourth-order valence-corrected chi connectivity index (χ4v) is 2.06. The van der Waals surface area contributed by atoms with Gasteiger partial charge in [-0.25, -0.2) is 4.98 Å². The highest BCUT2D eigenvalue weighted by atomic mass is 32.1. The molecule has 0 unspecified atom stereocenters. The molecule has 0 spiro atoms. The van der Waals surface area contributed by atoms with Gasteiger partial charge < -0.3 is 5.73 Å². The van der Waals surface area contributed by atoms with Crippen LogP contribution >= 0.6 is 11.3 Å². The molecule has 62 valence electrons. The third-order valence-electron chi connectivity index (χ3n) is 1.59. The van der Waals surface area contributed by atoms with Crippen molar-refractivity contribution in [3.05, 3.63) is 15.6 Å². The van der Waals surface area contributed by atoms with Crippen LogP contribution in [-0.2, 0) is 13.0 Å². The second-order valence-electron chi connectivity index (χ2n) is 2.56. The highest BCUT2D eigenvalue weighted by Gasteiger charge is 2.03. The number of thiazole rings is 1. The van der Waals surface area contributed by atoms with E-state index in [1.54, 1.807) is 11.3 Å². The van der Waals surface area contributed by atoms with Gasteiger partial charge in [0.25, 0.3) is 0 Å². The van der Waals surface area contributed by atoms with E-state index in [4.69, 9.17) is 5.73 Å². The van der Waals surface area contributed by atoms with E-state index in [2.05, 4.69) is 18.8 Å². The van der Waals surface area contributed by atoms with Crippen LogP contribution in [0.1, 0.15) is 28.9 Å². The first kappa shape index (κ1) is 8.68. The molecule has 0 aliphatic rings. The van der Waals surface area contributed by atoms with Crippen molar-refractivity contribution in [3.63, 3.8) is 0 Å². The molecule has 0 aliphatic carbocycles. The van der Waals surface area contributed by atoms with Gasteiger partial charge in [0, 0.05) is 11.4 Å². The fourth-order valence-electron chi connectivity index (χ4n) is 0.998. The van der Waals surface area contributed by atoms with Gasteiger partial charge >= 0.3 is 0 Å². The standard InChI is InChI=1S/C8H14N2S/c1-3-4-8-10-7(5-9)6(2)11-8/h3-5,9H2,1-2H3. The van der Waals surface area contributed by atoms with E-state index in [1.165, 1.54) is 9.88 Å². The lowest BCUT2D eigenvalue weighted by Gasteiger charge is -1.88. The summed E-state index contributed by atoms with van der Waals surface area (Å²) in [6.45, 7) is 4.82. The van der Waals surface area contributed by atoms with Gasteiger partial charge in [-0.2, -0.15) is 0 Å². The molecule has 11 heavy (non-hydrogen) atoms. The van der Waals surface area contributed by atoms with Crippen LogP contribution in [-0.4, -0.2) is 4.98 Å². The van der Waals surface area contributed by atoms with Crippen LogP contribution in [0.2, 0.25) is 0 Å². The summed E-state index contributed by atoms with van der Waals surface area (Å²) in [7, 11) is 0. The summed E-state index contributed by atoms with van der Waals surface area (Å²) in [4.78, 5) is 5.69. The summed E-state index contributed by atoms with van der Waals surface area (Å²) >= 11 is 1.77. The summed E-state index contributed by atoms with van der Waals surface area (Å²) in [5.74, 6) is 0. The summed E-state index contributed by atoms with van der Waals surface area (Å²) in [6.07, 6.45) is 2.25. The molecule has 0 aromatic carbocycles. The molecule has 0 bridgehead atoms. The van der Waals surface area contributed by atoms with E-state index >= 15 is 0 Å². The Morgan fingerprint density at radius 3 is 2.73 bits per heavy atom. The molecule has 1 aromatic heterocycles. The van der Waals surface area contributed by atoms with Crippen LogP contribution < -0.4 is 5.73 Å². The minimum Gasteiger partial charge on any atom is -0.325 e. The van der Waals surface area contributed by atoms with E-state index in [-0.39, 0.29) is 0 Å². The van der Waals surface area contributed by atoms with Gasteiger partial charge in [0.05, 0.1) is 10.7 Å². The number of nitrogens with two attached hydrogens (primary N) is 1. The highest BCUT2D eigenvalue weighted by molar-refractivity contribution is 7.11. The van der Waals surface area contributed by atoms with Crippen LogP contribution in [0, 0.1) is 6.92 Å². The van der Waals surface area contributed by atoms with E-state index in [0.717, 1.165) is 18.5 Å². The number of aryl methyl sites for hydroxylation is 2. The largest absolute Gasteiger partial charge is 0.325 e. The second kappa shape index (κ2) is 3.83. The summed E-state index contributed by atoms with van der Waals surface area (Å²) in [6, 6.07) is 0. The van der Waals surface area contributed by atoms with Crippen molar-refractivity contribution in [3.8, 4) is 0 Å². The lowest BCUT2D eigenvalue weighted by Crippen LogP contribution is -1.98. The maximum Gasteiger partial charge on any atom is 0.0931 e. The summed E-state index contributed by atoms with van der Waals surface area (Å²) in [5.41, 5.74) is 6.57. The first-order valence-electron chi connectivity index (χ1n) is 3.93. The molecule has 2 N–H and O–H groups in total. The van der Waals surface area contributed by atoms with Crippen LogP contribution in [0.15, 0.2) is 0 Å². The topological polar surface area (TPSA) is 38.9 Å². The fraction of sp³-hybridized carbons (Fsp3) is 0.625. The Morgan fingerprint density at radius 2 is 2.27 bits per heavy atom. The van der Waals surface area contributed by atoms with E-state index in [9.17, 15) is 0 Å². The van der Waals surface area contributed by atoms with Crippen molar-refractivity contribution < 1.29 is 0 Å². The zero-order valence-corrected chi connectivity index (χ0v) is 7.87. The SMILES string of the molecule is CCCc1nc(CN)c(C)s1. The molecule has 0 saturated heterocycles. The number of nitrogens with zero attached hydrogens (tertiary/aromatic N) is 1.